The van der Waals surface area contributed by atoms with Crippen LogP contribution in [0.3, 0.4) is 0 Å². The Morgan fingerprint density at radius 1 is 1.00 bits per heavy atom. The first kappa shape index (κ1) is 27.1. The molecule has 0 spiro atoms. The lowest BCUT2D eigenvalue weighted by Crippen LogP contribution is -2.47. The molecule has 0 heterocycles. The number of fused-ring (bicyclic) bond motifs is 5. The maximum atomic E-state index is 12.8. The molecule has 1 aromatic carbocycles. The molecule has 0 saturated heterocycles. The molecule has 204 valence electrons. The van der Waals surface area contributed by atoms with Crippen LogP contribution in [0.4, 0.5) is 0 Å². The molecule has 5 nitrogen and oxygen atoms in total. The van der Waals surface area contributed by atoms with Crippen LogP contribution in [-0.2, 0) is 23.8 Å². The first-order chi connectivity index (χ1) is 17.6. The van der Waals surface area contributed by atoms with Crippen LogP contribution < -0.4 is 0 Å². The highest BCUT2D eigenvalue weighted by atomic mass is 32.2. The fourth-order valence-corrected chi connectivity index (χ4v) is 9.34. The molecule has 1 aromatic rings. The summed E-state index contributed by atoms with van der Waals surface area (Å²) in [7, 11) is -2.05. The third kappa shape index (κ3) is 4.88. The van der Waals surface area contributed by atoms with E-state index in [-0.39, 0.29) is 34.4 Å². The Morgan fingerprint density at radius 3 is 2.49 bits per heavy atom. The SMILES string of the molecule is COCO[C@H]1CC[C@@]2(C)C(=CC=C3[C@@H]4CC[C@H](C(C)COS(=O)(=O)c5ccc(C)cc5)[C@@]4(C)CC[C@@H]32)C1. The van der Waals surface area contributed by atoms with Crippen molar-refractivity contribution in [3.05, 3.63) is 53.1 Å². The second-order valence-electron chi connectivity index (χ2n) is 12.6. The summed E-state index contributed by atoms with van der Waals surface area (Å²) >= 11 is 0. The Balaban J connectivity index is 1.29. The third-order valence-corrected chi connectivity index (χ3v) is 11.8. The van der Waals surface area contributed by atoms with E-state index >= 15 is 0 Å². The van der Waals surface area contributed by atoms with Gasteiger partial charge in [-0.05, 0) is 98.5 Å². The van der Waals surface area contributed by atoms with Gasteiger partial charge in [0.25, 0.3) is 10.1 Å². The summed E-state index contributed by atoms with van der Waals surface area (Å²) in [5.74, 6) is 1.83. The minimum atomic E-state index is -3.74. The zero-order valence-corrected chi connectivity index (χ0v) is 24.0. The van der Waals surface area contributed by atoms with Crippen LogP contribution >= 0.6 is 0 Å². The van der Waals surface area contributed by atoms with E-state index in [2.05, 4.69) is 32.9 Å². The van der Waals surface area contributed by atoms with Crippen molar-refractivity contribution in [2.75, 3.05) is 20.5 Å². The van der Waals surface area contributed by atoms with Crippen LogP contribution in [0.1, 0.15) is 71.3 Å². The van der Waals surface area contributed by atoms with Crippen LogP contribution in [0.15, 0.2) is 52.5 Å². The summed E-state index contributed by atoms with van der Waals surface area (Å²) in [4.78, 5) is 0.242. The number of rotatable bonds is 8. The average molecular weight is 529 g/mol. The Bertz CT molecular complexity index is 1150. The van der Waals surface area contributed by atoms with E-state index in [4.69, 9.17) is 13.7 Å². The van der Waals surface area contributed by atoms with Gasteiger partial charge in [-0.25, -0.2) is 0 Å². The first-order valence-electron chi connectivity index (χ1n) is 14.1. The van der Waals surface area contributed by atoms with E-state index in [9.17, 15) is 8.42 Å². The van der Waals surface area contributed by atoms with Crippen LogP contribution in [0, 0.1) is 41.4 Å². The van der Waals surface area contributed by atoms with Gasteiger partial charge in [-0.1, -0.05) is 61.8 Å². The number of ether oxygens (including phenoxy) is 2. The van der Waals surface area contributed by atoms with Gasteiger partial charge in [0.1, 0.15) is 6.79 Å². The first-order valence-corrected chi connectivity index (χ1v) is 15.5. The largest absolute Gasteiger partial charge is 0.359 e. The molecule has 1 unspecified atom stereocenters. The van der Waals surface area contributed by atoms with E-state index in [0.29, 0.717) is 24.5 Å². The van der Waals surface area contributed by atoms with Crippen molar-refractivity contribution in [1.82, 2.24) is 0 Å². The molecule has 6 heteroatoms. The summed E-state index contributed by atoms with van der Waals surface area (Å²) in [6.45, 7) is 9.71. The molecule has 0 aliphatic heterocycles. The Hall–Kier alpha value is -1.47. The molecule has 4 aliphatic rings. The monoisotopic (exact) mass is 528 g/mol. The van der Waals surface area contributed by atoms with Gasteiger partial charge in [0, 0.05) is 7.11 Å². The quantitative estimate of drug-likeness (QED) is 0.274. The van der Waals surface area contributed by atoms with Crippen molar-refractivity contribution < 1.29 is 22.1 Å². The van der Waals surface area contributed by atoms with Crippen LogP contribution in [-0.4, -0.2) is 35.0 Å². The topological polar surface area (TPSA) is 61.8 Å². The predicted octanol–water partition coefficient (Wildman–Crippen LogP) is 6.82. The van der Waals surface area contributed by atoms with Crippen LogP contribution in [0.2, 0.25) is 0 Å². The van der Waals surface area contributed by atoms with Crippen molar-refractivity contribution >= 4 is 10.1 Å². The molecule has 3 fully saturated rings. The Morgan fingerprint density at radius 2 is 1.76 bits per heavy atom. The standard InChI is InChI=1S/C31H44O5S/c1-21-6-9-25(10-7-21)37(32,33)36-19-22(2)27-12-13-28-26-11-8-23-18-24(35-20-34-5)14-16-30(23,3)29(26)15-17-31(27,28)4/h6-11,22,24,27-29H,12-20H2,1-5H3/t22?,24-,27+,28-,29-,30-,31+/m0/s1. The number of hydrogen-bond acceptors (Lipinski definition) is 5. The molecule has 0 radical (unpaired) electrons. The highest BCUT2D eigenvalue weighted by Gasteiger charge is 2.57. The van der Waals surface area contributed by atoms with Crippen molar-refractivity contribution in [2.24, 2.45) is 34.5 Å². The summed E-state index contributed by atoms with van der Waals surface area (Å²) in [6, 6.07) is 6.91. The highest BCUT2D eigenvalue weighted by molar-refractivity contribution is 7.86. The predicted molar refractivity (Wildman–Crippen MR) is 145 cm³/mol. The second-order valence-corrected chi connectivity index (χ2v) is 14.2. The zero-order chi connectivity index (χ0) is 26.4. The van der Waals surface area contributed by atoms with Gasteiger partial charge in [0.05, 0.1) is 17.6 Å². The van der Waals surface area contributed by atoms with Crippen molar-refractivity contribution in [2.45, 2.75) is 83.6 Å². The van der Waals surface area contributed by atoms with Gasteiger partial charge in [0.2, 0.25) is 0 Å². The summed E-state index contributed by atoms with van der Waals surface area (Å²) in [5, 5.41) is 0. The smallest absolute Gasteiger partial charge is 0.296 e. The molecule has 3 saturated carbocycles. The number of benzene rings is 1. The van der Waals surface area contributed by atoms with E-state index < -0.39 is 10.1 Å². The van der Waals surface area contributed by atoms with Crippen molar-refractivity contribution in [3.8, 4) is 0 Å². The van der Waals surface area contributed by atoms with Gasteiger partial charge in [0.15, 0.2) is 0 Å². The van der Waals surface area contributed by atoms with Gasteiger partial charge >= 0.3 is 0 Å². The maximum Gasteiger partial charge on any atom is 0.296 e. The van der Waals surface area contributed by atoms with E-state index in [1.807, 2.05) is 19.1 Å². The summed E-state index contributed by atoms with van der Waals surface area (Å²) in [6.07, 6.45) is 13.1. The molecular weight excluding hydrogens is 484 g/mol. The lowest BCUT2D eigenvalue weighted by atomic mass is 9.50. The molecule has 4 aliphatic carbocycles. The maximum absolute atomic E-state index is 12.8. The minimum Gasteiger partial charge on any atom is -0.359 e. The van der Waals surface area contributed by atoms with Crippen LogP contribution in [0.25, 0.3) is 0 Å². The molecule has 37 heavy (non-hydrogen) atoms. The average Bonchev–Trinajstić information content (AvgIpc) is 3.23. The normalized spacial score (nSPS) is 36.1. The molecule has 0 N–H and O–H groups in total. The lowest BCUT2D eigenvalue weighted by Gasteiger charge is -2.55. The third-order valence-electron chi connectivity index (χ3n) is 10.5. The van der Waals surface area contributed by atoms with Crippen LogP contribution in [0.5, 0.6) is 0 Å². The number of methoxy groups -OCH3 is 1. The number of allylic oxidation sites excluding steroid dienone is 3. The van der Waals surface area contributed by atoms with E-state index in [1.54, 1.807) is 30.4 Å². The fourth-order valence-electron chi connectivity index (χ4n) is 8.34. The Kier molecular flexibility index (Phi) is 7.51. The van der Waals surface area contributed by atoms with E-state index in [1.165, 1.54) is 25.7 Å². The van der Waals surface area contributed by atoms with Gasteiger partial charge in [-0.2, -0.15) is 8.42 Å². The number of hydrogen-bond donors (Lipinski definition) is 0. The number of aryl methyl sites for hydroxylation is 1. The van der Waals surface area contributed by atoms with Crippen molar-refractivity contribution in [1.29, 1.82) is 0 Å². The highest BCUT2D eigenvalue weighted by Crippen LogP contribution is 2.66. The Labute approximate surface area is 223 Å². The molecule has 0 bridgehead atoms. The second kappa shape index (κ2) is 10.3. The molecule has 7 atom stereocenters. The lowest BCUT2D eigenvalue weighted by molar-refractivity contribution is -0.0865. The van der Waals surface area contributed by atoms with Crippen molar-refractivity contribution in [3.63, 3.8) is 0 Å². The minimum absolute atomic E-state index is 0.186. The summed E-state index contributed by atoms with van der Waals surface area (Å²) < 4.78 is 42.3. The molecule has 5 rings (SSSR count). The van der Waals surface area contributed by atoms with E-state index in [0.717, 1.165) is 24.8 Å². The van der Waals surface area contributed by atoms with Gasteiger partial charge < -0.3 is 9.47 Å². The van der Waals surface area contributed by atoms with Gasteiger partial charge in [-0.15, -0.1) is 0 Å². The molecular formula is C31H44O5S. The molecule has 0 aromatic heterocycles. The molecule has 0 amide bonds. The fraction of sp³-hybridized carbons (Fsp3) is 0.677. The van der Waals surface area contributed by atoms with Gasteiger partial charge in [-0.3, -0.25) is 4.18 Å². The zero-order valence-electron chi connectivity index (χ0n) is 23.2. The summed E-state index contributed by atoms with van der Waals surface area (Å²) in [5.41, 5.74) is 4.66.